The van der Waals surface area contributed by atoms with Crippen molar-refractivity contribution >= 4 is 0 Å². The predicted octanol–water partition coefficient (Wildman–Crippen LogP) is 9.60. The molecule has 1 saturated heterocycles. The quantitative estimate of drug-likeness (QED) is 0.273. The smallest absolute Gasteiger partial charge is 0.163 e. The van der Waals surface area contributed by atoms with Gasteiger partial charge in [0.05, 0.1) is 43.7 Å². The number of benzene rings is 2. The predicted molar refractivity (Wildman–Crippen MR) is 194 cm³/mol. The molecule has 2 aromatic rings. The molecule has 0 spiro atoms. The molecule has 7 rings (SSSR count). The zero-order valence-electron chi connectivity index (χ0n) is 31.4. The largest absolute Gasteiger partial charge is 0.393 e. The number of aliphatic hydroxyl groups excluding tert-OH is 1. The second kappa shape index (κ2) is 14.0. The van der Waals surface area contributed by atoms with Gasteiger partial charge in [0, 0.05) is 0 Å². The molecule has 13 atom stereocenters. The van der Waals surface area contributed by atoms with Crippen LogP contribution in [-0.2, 0) is 32.2 Å². The molecule has 0 unspecified atom stereocenters. The van der Waals surface area contributed by atoms with E-state index in [1.165, 1.54) is 30.4 Å². The highest BCUT2D eigenvalue weighted by molar-refractivity contribution is 5.16. The average molecular weight is 673 g/mol. The Balaban J connectivity index is 1.11. The topological polar surface area (TPSA) is 57.2 Å². The molecular weight excluding hydrogens is 608 g/mol. The van der Waals surface area contributed by atoms with Crippen molar-refractivity contribution < 1.29 is 24.1 Å². The highest BCUT2D eigenvalue weighted by Gasteiger charge is 2.65. The maximum Gasteiger partial charge on any atom is 0.163 e. The molecule has 2 aromatic carbocycles. The van der Waals surface area contributed by atoms with Crippen LogP contribution in [0.1, 0.15) is 111 Å². The molecule has 0 amide bonds. The summed E-state index contributed by atoms with van der Waals surface area (Å²) in [6.07, 6.45) is 9.18. The summed E-state index contributed by atoms with van der Waals surface area (Å²) < 4.78 is 26.6. The van der Waals surface area contributed by atoms with Gasteiger partial charge in [-0.2, -0.15) is 0 Å². The first-order valence-corrected chi connectivity index (χ1v) is 19.7. The molecule has 49 heavy (non-hydrogen) atoms. The van der Waals surface area contributed by atoms with Crippen LogP contribution in [0, 0.1) is 52.3 Å². The van der Waals surface area contributed by atoms with Crippen molar-refractivity contribution in [2.24, 2.45) is 52.3 Å². The molecule has 5 nitrogen and oxygen atoms in total. The summed E-state index contributed by atoms with van der Waals surface area (Å²) in [5.74, 6) is 2.71. The summed E-state index contributed by atoms with van der Waals surface area (Å²) in [5.41, 5.74) is 2.84. The Kier molecular flexibility index (Phi) is 10.2. The van der Waals surface area contributed by atoms with Crippen molar-refractivity contribution in [3.05, 3.63) is 71.8 Å². The van der Waals surface area contributed by atoms with Crippen LogP contribution in [0.2, 0.25) is 0 Å². The lowest BCUT2D eigenvalue weighted by Gasteiger charge is -2.63. The summed E-state index contributed by atoms with van der Waals surface area (Å²) in [6.45, 7) is 17.5. The SMILES string of the molecule is CC(C)[C@H]1OC(C)(C)O[C@H]1C[C@@H](C)[C@H]1[C@@H](O)C[C@H]2[C@@H]3C[C@@H](OCc4ccccc4)[C@H]4C[C@@H](OCc5ccccc5)CC[C@]4(C)[C@H]3CC[C@]12C. The number of rotatable bonds is 10. The van der Waals surface area contributed by atoms with E-state index in [-0.39, 0.29) is 47.3 Å². The average Bonchev–Trinajstić information content (AvgIpc) is 3.54. The van der Waals surface area contributed by atoms with Crippen molar-refractivity contribution in [1.29, 1.82) is 0 Å². The molecule has 1 heterocycles. The minimum absolute atomic E-state index is 0.0700. The van der Waals surface area contributed by atoms with Crippen LogP contribution in [0.25, 0.3) is 0 Å². The van der Waals surface area contributed by atoms with Crippen LogP contribution in [0.15, 0.2) is 60.7 Å². The summed E-state index contributed by atoms with van der Waals surface area (Å²) in [6, 6.07) is 21.3. The van der Waals surface area contributed by atoms with Gasteiger partial charge in [-0.15, -0.1) is 0 Å². The van der Waals surface area contributed by atoms with E-state index in [2.05, 4.69) is 95.3 Å². The fourth-order valence-electron chi connectivity index (χ4n) is 12.3. The van der Waals surface area contributed by atoms with Gasteiger partial charge in [0.25, 0.3) is 0 Å². The molecule has 4 aliphatic carbocycles. The van der Waals surface area contributed by atoms with E-state index >= 15 is 0 Å². The second-order valence-corrected chi connectivity index (χ2v) is 18.2. The number of hydrogen-bond acceptors (Lipinski definition) is 5. The lowest BCUT2D eigenvalue weighted by Crippen LogP contribution is -2.59. The van der Waals surface area contributed by atoms with Crippen LogP contribution in [0.5, 0.6) is 0 Å². The van der Waals surface area contributed by atoms with E-state index in [0.717, 1.165) is 32.1 Å². The number of ether oxygens (including phenoxy) is 4. The van der Waals surface area contributed by atoms with E-state index in [1.54, 1.807) is 0 Å². The Morgan fingerprint density at radius 2 is 1.37 bits per heavy atom. The fraction of sp³-hybridized carbons (Fsp3) is 0.727. The third-order valence-electron chi connectivity index (χ3n) is 14.4. The third kappa shape index (κ3) is 6.93. The van der Waals surface area contributed by atoms with Gasteiger partial charge in [-0.3, -0.25) is 0 Å². The van der Waals surface area contributed by atoms with Gasteiger partial charge in [-0.1, -0.05) is 95.3 Å². The van der Waals surface area contributed by atoms with Crippen molar-refractivity contribution in [2.45, 2.75) is 149 Å². The molecule has 4 saturated carbocycles. The summed E-state index contributed by atoms with van der Waals surface area (Å²) in [5, 5.41) is 12.0. The van der Waals surface area contributed by atoms with E-state index in [9.17, 15) is 5.11 Å². The van der Waals surface area contributed by atoms with E-state index < -0.39 is 5.79 Å². The number of hydrogen-bond donors (Lipinski definition) is 1. The molecule has 1 N–H and O–H groups in total. The van der Waals surface area contributed by atoms with Gasteiger partial charge in [-0.25, -0.2) is 0 Å². The maximum absolute atomic E-state index is 12.0. The number of fused-ring (bicyclic) bond motifs is 5. The van der Waals surface area contributed by atoms with Crippen LogP contribution in [-0.4, -0.2) is 41.4 Å². The summed E-state index contributed by atoms with van der Waals surface area (Å²) in [4.78, 5) is 0. The zero-order chi connectivity index (χ0) is 34.6. The molecule has 5 fully saturated rings. The molecule has 0 bridgehead atoms. The minimum atomic E-state index is -0.549. The van der Waals surface area contributed by atoms with Crippen molar-refractivity contribution in [3.8, 4) is 0 Å². The first-order chi connectivity index (χ1) is 23.4. The molecule has 1 aliphatic heterocycles. The van der Waals surface area contributed by atoms with E-state index in [4.69, 9.17) is 18.9 Å². The Morgan fingerprint density at radius 1 is 0.735 bits per heavy atom. The van der Waals surface area contributed by atoms with Crippen LogP contribution in [0.3, 0.4) is 0 Å². The number of aliphatic hydroxyl groups is 1. The Hall–Kier alpha value is -1.76. The zero-order valence-corrected chi connectivity index (χ0v) is 31.4. The molecule has 0 radical (unpaired) electrons. The van der Waals surface area contributed by atoms with Gasteiger partial charge in [0.15, 0.2) is 5.79 Å². The molecule has 270 valence electrons. The third-order valence-corrected chi connectivity index (χ3v) is 14.4. The lowest BCUT2D eigenvalue weighted by atomic mass is 9.43. The van der Waals surface area contributed by atoms with Crippen molar-refractivity contribution in [3.63, 3.8) is 0 Å². The maximum atomic E-state index is 12.0. The standard InChI is InChI=1S/C44H64O5/c1-28(2)41-39(48-42(4,5)49-41)22-29(3)40-37(45)25-35-33-24-38(47-27-31-16-12-9-13-17-31)36-23-32(46-26-30-14-10-8-11-15-30)18-20-43(36,6)34(33)19-21-44(35,40)7/h8-17,28-29,32-41,45H,18-27H2,1-7H3/t29-,32+,33-,34+,35+,36-,37+,38-,39+,40+,41-,43-,44+/m1/s1. The minimum Gasteiger partial charge on any atom is -0.393 e. The first-order valence-electron chi connectivity index (χ1n) is 19.7. The van der Waals surface area contributed by atoms with E-state index in [1.807, 2.05) is 13.8 Å². The fourth-order valence-corrected chi connectivity index (χ4v) is 12.3. The van der Waals surface area contributed by atoms with Gasteiger partial charge in [-0.05, 0) is 129 Å². The molecule has 5 aliphatic rings. The lowest BCUT2D eigenvalue weighted by molar-refractivity contribution is -0.194. The van der Waals surface area contributed by atoms with Crippen LogP contribution >= 0.6 is 0 Å². The highest BCUT2D eigenvalue weighted by Crippen LogP contribution is 2.69. The van der Waals surface area contributed by atoms with Crippen LogP contribution < -0.4 is 0 Å². The molecule has 0 aromatic heterocycles. The van der Waals surface area contributed by atoms with Crippen LogP contribution in [0.4, 0.5) is 0 Å². The van der Waals surface area contributed by atoms with Crippen molar-refractivity contribution in [1.82, 2.24) is 0 Å². The Morgan fingerprint density at radius 3 is 2.02 bits per heavy atom. The van der Waals surface area contributed by atoms with Gasteiger partial charge in [0.1, 0.15) is 0 Å². The van der Waals surface area contributed by atoms with Gasteiger partial charge >= 0.3 is 0 Å². The second-order valence-electron chi connectivity index (χ2n) is 18.2. The Bertz CT molecular complexity index is 1380. The normalized spacial score (nSPS) is 42.0. The highest BCUT2D eigenvalue weighted by atomic mass is 16.8. The summed E-state index contributed by atoms with van der Waals surface area (Å²) >= 11 is 0. The Labute approximate surface area is 296 Å². The first kappa shape index (κ1) is 35.6. The molecule has 5 heteroatoms. The molecular formula is C44H64O5. The van der Waals surface area contributed by atoms with E-state index in [0.29, 0.717) is 48.7 Å². The van der Waals surface area contributed by atoms with Crippen molar-refractivity contribution in [2.75, 3.05) is 0 Å². The summed E-state index contributed by atoms with van der Waals surface area (Å²) in [7, 11) is 0. The monoisotopic (exact) mass is 672 g/mol. The van der Waals surface area contributed by atoms with Gasteiger partial charge < -0.3 is 24.1 Å². The van der Waals surface area contributed by atoms with Gasteiger partial charge in [0.2, 0.25) is 0 Å².